The Kier molecular flexibility index (Phi) is 11.8. The smallest absolute Gasteiger partial charge is 0.408 e. The summed E-state index contributed by atoms with van der Waals surface area (Å²) < 4.78 is 51.0. The molecule has 0 spiro atoms. The molecule has 3 heterocycles. The fraction of sp³-hybridized carbons (Fsp3) is 0.634. The van der Waals surface area contributed by atoms with Crippen molar-refractivity contribution in [3.8, 4) is 17.5 Å². The van der Waals surface area contributed by atoms with Crippen LogP contribution in [0.1, 0.15) is 93.4 Å². The van der Waals surface area contributed by atoms with Crippen molar-refractivity contribution in [3.63, 3.8) is 0 Å². The van der Waals surface area contributed by atoms with Crippen LogP contribution in [0, 0.1) is 17.8 Å². The number of hydrogen-bond acceptors (Lipinski definition) is 11. The average molecular weight is 812 g/mol. The number of rotatable bonds is 9. The first-order valence-electron chi connectivity index (χ1n) is 19.9. The molecule has 1 aromatic heterocycles. The fourth-order valence-corrected chi connectivity index (χ4v) is 9.12. The molecule has 1 saturated heterocycles. The van der Waals surface area contributed by atoms with Crippen LogP contribution in [0.25, 0.3) is 10.8 Å². The number of alkyl carbamates (subject to hydrolysis) is 1. The van der Waals surface area contributed by atoms with Gasteiger partial charge in [0.15, 0.2) is 0 Å². The van der Waals surface area contributed by atoms with Gasteiger partial charge < -0.3 is 34.5 Å². The van der Waals surface area contributed by atoms with E-state index < -0.39 is 73.8 Å². The number of benzene rings is 1. The number of pyridine rings is 1. The van der Waals surface area contributed by atoms with Crippen LogP contribution < -0.4 is 29.6 Å². The summed E-state index contributed by atoms with van der Waals surface area (Å²) in [5.41, 5.74) is -2.38. The van der Waals surface area contributed by atoms with Gasteiger partial charge in [0, 0.05) is 23.8 Å². The molecule has 312 valence electrons. The number of methoxy groups -OCH3 is 1. The maximum Gasteiger partial charge on any atom is 0.408 e. The first-order valence-corrected chi connectivity index (χ1v) is 21.4. The largest absolute Gasteiger partial charge is 0.497 e. The molecule has 0 bridgehead atoms. The molecule has 3 fully saturated rings. The summed E-state index contributed by atoms with van der Waals surface area (Å²) in [6, 6.07) is 4.95. The van der Waals surface area contributed by atoms with E-state index in [1.54, 1.807) is 53.0 Å². The molecule has 2 aliphatic heterocycles. The predicted molar refractivity (Wildman–Crippen MR) is 212 cm³/mol. The highest BCUT2D eigenvalue weighted by molar-refractivity contribution is 7.91. The zero-order valence-corrected chi connectivity index (χ0v) is 35.0. The minimum absolute atomic E-state index is 0.00821. The van der Waals surface area contributed by atoms with E-state index in [1.807, 2.05) is 32.1 Å². The van der Waals surface area contributed by atoms with Gasteiger partial charge in [0.1, 0.15) is 35.1 Å². The summed E-state index contributed by atoms with van der Waals surface area (Å²) in [6.45, 7) is 12.9. The molecule has 2 aliphatic carbocycles. The van der Waals surface area contributed by atoms with Crippen molar-refractivity contribution in [2.24, 2.45) is 17.8 Å². The molecule has 3 N–H and O–H groups in total. The van der Waals surface area contributed by atoms with Crippen LogP contribution >= 0.6 is 0 Å². The second-order valence-corrected chi connectivity index (χ2v) is 19.6. The highest BCUT2D eigenvalue weighted by atomic mass is 32.2. The average Bonchev–Trinajstić information content (AvgIpc) is 4.01. The lowest BCUT2D eigenvalue weighted by Crippen LogP contribution is -2.59. The van der Waals surface area contributed by atoms with Gasteiger partial charge in [0.2, 0.25) is 33.6 Å². The summed E-state index contributed by atoms with van der Waals surface area (Å²) >= 11 is 0. The molecular formula is C41H57N5O10S. The fourth-order valence-electron chi connectivity index (χ4n) is 7.81. The highest BCUT2D eigenvalue weighted by Gasteiger charge is 2.63. The Hall–Kier alpha value is -4.60. The first-order chi connectivity index (χ1) is 26.8. The Balaban J connectivity index is 1.37. The van der Waals surface area contributed by atoms with E-state index in [0.717, 1.165) is 11.8 Å². The number of aromatic nitrogens is 1. The molecule has 2 saturated carbocycles. The van der Waals surface area contributed by atoms with Gasteiger partial charge in [0.25, 0.3) is 5.91 Å². The van der Waals surface area contributed by atoms with E-state index in [1.165, 1.54) is 4.90 Å². The van der Waals surface area contributed by atoms with Gasteiger partial charge in [-0.25, -0.2) is 13.2 Å². The second kappa shape index (κ2) is 16.0. The van der Waals surface area contributed by atoms with E-state index >= 15 is 0 Å². The number of amides is 4. The van der Waals surface area contributed by atoms with Crippen LogP contribution in [0.15, 0.2) is 36.4 Å². The van der Waals surface area contributed by atoms with Crippen molar-refractivity contribution < 1.29 is 46.5 Å². The molecule has 6 rings (SSSR count). The van der Waals surface area contributed by atoms with E-state index in [9.17, 15) is 27.6 Å². The van der Waals surface area contributed by atoms with Crippen molar-refractivity contribution in [1.29, 1.82) is 0 Å². The third-order valence-electron chi connectivity index (χ3n) is 11.5. The lowest BCUT2D eigenvalue weighted by atomic mass is 9.88. The Bertz CT molecular complexity index is 2030. The Morgan fingerprint density at radius 3 is 2.51 bits per heavy atom. The van der Waals surface area contributed by atoms with Gasteiger partial charge in [-0.3, -0.25) is 19.1 Å². The van der Waals surface area contributed by atoms with Crippen molar-refractivity contribution in [2.75, 3.05) is 20.3 Å². The van der Waals surface area contributed by atoms with E-state index in [4.69, 9.17) is 18.9 Å². The summed E-state index contributed by atoms with van der Waals surface area (Å²) in [7, 11) is -2.45. The van der Waals surface area contributed by atoms with Crippen molar-refractivity contribution in [2.45, 2.75) is 127 Å². The third-order valence-corrected chi connectivity index (χ3v) is 13.6. The van der Waals surface area contributed by atoms with Gasteiger partial charge in [0.05, 0.1) is 25.0 Å². The lowest BCUT2D eigenvalue weighted by Gasteiger charge is -2.33. The number of hydrogen-bond donors (Lipinski definition) is 3. The number of ether oxygens (including phenoxy) is 4. The number of nitrogens with zero attached hydrogens (tertiary/aromatic N) is 2. The second-order valence-electron chi connectivity index (χ2n) is 17.4. The summed E-state index contributed by atoms with van der Waals surface area (Å²) in [5, 5.41) is 7.11. The predicted octanol–water partition coefficient (Wildman–Crippen LogP) is 4.77. The molecule has 7 unspecified atom stereocenters. The molecular weight excluding hydrogens is 755 g/mol. The van der Waals surface area contributed by atoms with Crippen LogP contribution in [0.5, 0.6) is 17.5 Å². The van der Waals surface area contributed by atoms with Gasteiger partial charge >= 0.3 is 6.09 Å². The number of carbonyl (C=O) groups excluding carboxylic acids is 4. The van der Waals surface area contributed by atoms with Gasteiger partial charge in [-0.05, 0) is 109 Å². The molecule has 4 amide bonds. The van der Waals surface area contributed by atoms with Crippen LogP contribution in [-0.2, 0) is 29.1 Å². The van der Waals surface area contributed by atoms with Crippen LogP contribution in [0.4, 0.5) is 4.79 Å². The van der Waals surface area contributed by atoms with Gasteiger partial charge in [-0.2, -0.15) is 4.98 Å². The van der Waals surface area contributed by atoms with Crippen LogP contribution in [-0.4, -0.2) is 96.5 Å². The van der Waals surface area contributed by atoms with E-state index in [-0.39, 0.29) is 37.1 Å². The van der Waals surface area contributed by atoms with Crippen molar-refractivity contribution in [1.82, 2.24) is 25.2 Å². The first kappa shape index (κ1) is 42.0. The Morgan fingerprint density at radius 2 is 1.84 bits per heavy atom. The number of allylic oxidation sites excluding steroid dienone is 1. The molecule has 7 atom stereocenters. The zero-order chi connectivity index (χ0) is 41.5. The minimum Gasteiger partial charge on any atom is -0.497 e. The number of nitrogens with one attached hydrogen (secondary N) is 3. The van der Waals surface area contributed by atoms with E-state index in [0.29, 0.717) is 49.3 Å². The van der Waals surface area contributed by atoms with Gasteiger partial charge in [-0.15, -0.1) is 0 Å². The maximum absolute atomic E-state index is 14.9. The molecule has 57 heavy (non-hydrogen) atoms. The molecule has 15 nitrogen and oxygen atoms in total. The standard InChI is InChI=1S/C41H57N5O10S/c1-9-54-32-20-26-19-28(53-8)14-15-30(26)35(42-32)55-29-21-31-34(47)44-41(37(49)45-57(51,52)40(7)16-17-40)22-27(41)13-11-10-12-24(2)18-25(3)33(36(48)46(31)23-29)43-38(50)56-39(4,5)6/h11,13-15,19-20,24-25,27,29,31,33H,9-10,12,16-18,21-23H2,1-8H3,(H,43,50)(H,44,47)(H,45,49). The minimum atomic E-state index is -4.01. The number of fused-ring (bicyclic) bond motifs is 3. The highest BCUT2D eigenvalue weighted by Crippen LogP contribution is 2.47. The normalized spacial score (nSPS) is 28.8. The Labute approximate surface area is 335 Å². The van der Waals surface area contributed by atoms with Gasteiger partial charge in [-0.1, -0.05) is 26.0 Å². The number of sulfonamides is 1. The summed E-state index contributed by atoms with van der Waals surface area (Å²) in [5.74, 6) is -1.49. The molecule has 16 heteroatoms. The Morgan fingerprint density at radius 1 is 1.11 bits per heavy atom. The van der Waals surface area contributed by atoms with Crippen molar-refractivity contribution >= 4 is 44.6 Å². The van der Waals surface area contributed by atoms with Crippen LogP contribution in [0.3, 0.4) is 0 Å². The summed E-state index contributed by atoms with van der Waals surface area (Å²) in [4.78, 5) is 62.7. The van der Waals surface area contributed by atoms with Crippen LogP contribution in [0.2, 0.25) is 0 Å². The lowest BCUT2D eigenvalue weighted by molar-refractivity contribution is -0.142. The monoisotopic (exact) mass is 811 g/mol. The SMILES string of the molecule is CCOc1cc2cc(OC)ccc2c(OC2CC3C(=O)NC4(C(=O)NS(=O)(=O)C5(C)CC5)CC4C=CCCC(C)CC(C)C(NC(=O)OC(C)(C)C)C(=O)N3C2)n1. The molecule has 2 aromatic rings. The maximum atomic E-state index is 14.9. The topological polar surface area (TPSA) is 192 Å². The summed E-state index contributed by atoms with van der Waals surface area (Å²) in [6.07, 6.45) is 5.36. The third kappa shape index (κ3) is 9.26. The molecule has 0 radical (unpaired) electrons. The number of carbonyl (C=O) groups is 4. The zero-order valence-electron chi connectivity index (χ0n) is 34.2. The quantitative estimate of drug-likeness (QED) is 0.296. The molecule has 4 aliphatic rings. The van der Waals surface area contributed by atoms with E-state index in [2.05, 4.69) is 27.3 Å². The van der Waals surface area contributed by atoms with Crippen molar-refractivity contribution in [3.05, 3.63) is 36.4 Å². The molecule has 1 aromatic carbocycles.